The molecule has 1 rings (SSSR count). The van der Waals surface area contributed by atoms with Gasteiger partial charge in [-0.15, -0.1) is 0 Å². The molecule has 1 atom stereocenters. The van der Waals surface area contributed by atoms with E-state index in [1.807, 2.05) is 13.8 Å². The minimum Gasteiger partial charge on any atom is -0.468 e. The van der Waals surface area contributed by atoms with Crippen LogP contribution in [0.15, 0.2) is 0 Å². The van der Waals surface area contributed by atoms with E-state index in [1.165, 1.54) is 7.11 Å². The van der Waals surface area contributed by atoms with Crippen molar-refractivity contribution in [1.82, 2.24) is 5.32 Å². The topological polar surface area (TPSA) is 47.6 Å². The van der Waals surface area contributed by atoms with Crippen molar-refractivity contribution in [2.45, 2.75) is 25.9 Å². The van der Waals surface area contributed by atoms with Crippen LogP contribution < -0.4 is 5.32 Å². The van der Waals surface area contributed by atoms with Gasteiger partial charge in [0, 0.05) is 0 Å². The zero-order valence-corrected chi connectivity index (χ0v) is 8.37. The summed E-state index contributed by atoms with van der Waals surface area (Å²) in [6.07, 6.45) is 0. The molecule has 1 fully saturated rings. The molecule has 1 aliphatic heterocycles. The molecule has 0 aromatic heterocycles. The molecule has 1 aliphatic rings. The first-order valence-electron chi connectivity index (χ1n) is 4.56. The van der Waals surface area contributed by atoms with Gasteiger partial charge in [0.2, 0.25) is 0 Å². The number of ether oxygens (including phenoxy) is 2. The Morgan fingerprint density at radius 2 is 2.15 bits per heavy atom. The van der Waals surface area contributed by atoms with Crippen molar-refractivity contribution >= 4 is 5.97 Å². The molecule has 0 aromatic rings. The molecule has 0 bridgehead atoms. The van der Waals surface area contributed by atoms with Gasteiger partial charge in [0.05, 0.1) is 26.4 Å². The third-order valence-corrected chi connectivity index (χ3v) is 2.18. The number of carbonyl (C=O) groups is 1. The number of rotatable bonds is 4. The van der Waals surface area contributed by atoms with E-state index in [2.05, 4.69) is 5.32 Å². The van der Waals surface area contributed by atoms with Gasteiger partial charge in [-0.25, -0.2) is 0 Å². The van der Waals surface area contributed by atoms with Crippen molar-refractivity contribution in [1.29, 1.82) is 0 Å². The highest BCUT2D eigenvalue weighted by atomic mass is 16.5. The predicted octanol–water partition coefficient (Wildman–Crippen LogP) is 0.172. The Morgan fingerprint density at radius 3 is 2.46 bits per heavy atom. The molecule has 76 valence electrons. The number of carbonyl (C=O) groups excluding carboxylic acids is 1. The third-order valence-electron chi connectivity index (χ3n) is 2.18. The van der Waals surface area contributed by atoms with Crippen molar-refractivity contribution in [3.05, 3.63) is 0 Å². The molecule has 1 saturated heterocycles. The van der Waals surface area contributed by atoms with Gasteiger partial charge in [-0.05, 0) is 5.92 Å². The molecule has 1 unspecified atom stereocenters. The van der Waals surface area contributed by atoms with Crippen LogP contribution in [0.1, 0.15) is 13.8 Å². The molecule has 0 saturated carbocycles. The van der Waals surface area contributed by atoms with E-state index in [4.69, 9.17) is 9.47 Å². The highest BCUT2D eigenvalue weighted by molar-refractivity contribution is 5.76. The molecule has 0 radical (unpaired) electrons. The van der Waals surface area contributed by atoms with Crippen molar-refractivity contribution < 1.29 is 14.3 Å². The van der Waals surface area contributed by atoms with Crippen LogP contribution in [0, 0.1) is 5.92 Å². The first kappa shape index (κ1) is 10.5. The number of hydrogen-bond donors (Lipinski definition) is 1. The lowest BCUT2D eigenvalue weighted by Crippen LogP contribution is -2.54. The maximum Gasteiger partial charge on any atom is 0.323 e. The highest BCUT2D eigenvalue weighted by Gasteiger charge is 2.28. The van der Waals surface area contributed by atoms with Gasteiger partial charge in [0.25, 0.3) is 0 Å². The number of esters is 1. The summed E-state index contributed by atoms with van der Waals surface area (Å²) < 4.78 is 9.72. The lowest BCUT2D eigenvalue weighted by molar-refractivity contribution is -0.145. The molecular weight excluding hydrogens is 170 g/mol. The normalized spacial score (nSPS) is 19.7. The van der Waals surface area contributed by atoms with Gasteiger partial charge in [0.15, 0.2) is 0 Å². The van der Waals surface area contributed by atoms with Gasteiger partial charge in [-0.1, -0.05) is 13.8 Å². The van der Waals surface area contributed by atoms with Gasteiger partial charge in [0.1, 0.15) is 6.04 Å². The monoisotopic (exact) mass is 187 g/mol. The Morgan fingerprint density at radius 1 is 1.54 bits per heavy atom. The fourth-order valence-corrected chi connectivity index (χ4v) is 1.25. The summed E-state index contributed by atoms with van der Waals surface area (Å²) in [6.45, 7) is 5.38. The second-order valence-corrected chi connectivity index (χ2v) is 3.65. The van der Waals surface area contributed by atoms with Crippen LogP contribution in [0.2, 0.25) is 0 Å². The van der Waals surface area contributed by atoms with E-state index >= 15 is 0 Å². The lowest BCUT2D eigenvalue weighted by atomic mass is 10.0. The molecule has 13 heavy (non-hydrogen) atoms. The van der Waals surface area contributed by atoms with Crippen molar-refractivity contribution in [2.24, 2.45) is 5.92 Å². The van der Waals surface area contributed by atoms with Crippen LogP contribution in [0.3, 0.4) is 0 Å². The molecule has 4 nitrogen and oxygen atoms in total. The first-order valence-corrected chi connectivity index (χ1v) is 4.56. The van der Waals surface area contributed by atoms with Gasteiger partial charge >= 0.3 is 5.97 Å². The molecule has 0 aliphatic carbocycles. The standard InChI is InChI=1S/C9H17NO3/c1-6(2)8(9(11)12-3)10-7-4-13-5-7/h6-8,10H,4-5H2,1-3H3. The zero-order valence-electron chi connectivity index (χ0n) is 8.37. The Bertz CT molecular complexity index is 178. The molecule has 0 spiro atoms. The van der Waals surface area contributed by atoms with Gasteiger partial charge in [-0.3, -0.25) is 10.1 Å². The number of hydrogen-bond acceptors (Lipinski definition) is 4. The molecular formula is C9H17NO3. The quantitative estimate of drug-likeness (QED) is 0.637. The molecule has 1 heterocycles. The summed E-state index contributed by atoms with van der Waals surface area (Å²) in [6, 6.07) is 0.102. The van der Waals surface area contributed by atoms with E-state index in [0.717, 1.165) is 0 Å². The van der Waals surface area contributed by atoms with E-state index in [1.54, 1.807) is 0 Å². The Kier molecular flexibility index (Phi) is 3.69. The third kappa shape index (κ3) is 2.67. The van der Waals surface area contributed by atoms with Crippen molar-refractivity contribution in [3.63, 3.8) is 0 Å². The molecule has 1 N–H and O–H groups in total. The van der Waals surface area contributed by atoms with Gasteiger partial charge < -0.3 is 9.47 Å². The maximum atomic E-state index is 11.3. The summed E-state index contributed by atoms with van der Waals surface area (Å²) in [7, 11) is 1.41. The molecule has 0 amide bonds. The predicted molar refractivity (Wildman–Crippen MR) is 48.4 cm³/mol. The summed E-state index contributed by atoms with van der Waals surface area (Å²) in [5, 5.41) is 3.20. The molecule has 4 heteroatoms. The van der Waals surface area contributed by atoms with Crippen LogP contribution in [0.5, 0.6) is 0 Å². The van der Waals surface area contributed by atoms with Crippen LogP contribution >= 0.6 is 0 Å². The minimum absolute atomic E-state index is 0.193. The fraction of sp³-hybridized carbons (Fsp3) is 0.889. The Balaban J connectivity index is 2.41. The van der Waals surface area contributed by atoms with E-state index in [9.17, 15) is 4.79 Å². The van der Waals surface area contributed by atoms with E-state index < -0.39 is 0 Å². The first-order chi connectivity index (χ1) is 6.15. The summed E-state index contributed by atoms with van der Waals surface area (Å²) in [4.78, 5) is 11.3. The fourth-order valence-electron chi connectivity index (χ4n) is 1.25. The summed E-state index contributed by atoms with van der Waals surface area (Å²) >= 11 is 0. The van der Waals surface area contributed by atoms with E-state index in [-0.39, 0.29) is 17.9 Å². The minimum atomic E-state index is -0.209. The largest absolute Gasteiger partial charge is 0.468 e. The highest BCUT2D eigenvalue weighted by Crippen LogP contribution is 2.08. The smallest absolute Gasteiger partial charge is 0.323 e. The second kappa shape index (κ2) is 4.58. The van der Waals surface area contributed by atoms with Crippen LogP contribution in [-0.2, 0) is 14.3 Å². The number of methoxy groups -OCH3 is 1. The second-order valence-electron chi connectivity index (χ2n) is 3.65. The van der Waals surface area contributed by atoms with Crippen LogP contribution in [0.25, 0.3) is 0 Å². The average Bonchev–Trinajstić information content (AvgIpc) is 2.00. The zero-order chi connectivity index (χ0) is 9.84. The summed E-state index contributed by atoms with van der Waals surface area (Å²) in [5.41, 5.74) is 0. The Labute approximate surface area is 78.6 Å². The van der Waals surface area contributed by atoms with E-state index in [0.29, 0.717) is 19.3 Å². The summed E-state index contributed by atoms with van der Waals surface area (Å²) in [5.74, 6) is 0.0509. The lowest BCUT2D eigenvalue weighted by Gasteiger charge is -2.31. The number of nitrogens with one attached hydrogen (secondary N) is 1. The van der Waals surface area contributed by atoms with Crippen LogP contribution in [0.4, 0.5) is 0 Å². The SMILES string of the molecule is COC(=O)C(NC1COC1)C(C)C. The van der Waals surface area contributed by atoms with Crippen molar-refractivity contribution in [3.8, 4) is 0 Å². The van der Waals surface area contributed by atoms with Gasteiger partial charge in [-0.2, -0.15) is 0 Å². The molecule has 0 aromatic carbocycles. The Hall–Kier alpha value is -0.610. The maximum absolute atomic E-state index is 11.3. The van der Waals surface area contributed by atoms with Crippen molar-refractivity contribution in [2.75, 3.05) is 20.3 Å². The van der Waals surface area contributed by atoms with Crippen LogP contribution in [-0.4, -0.2) is 38.4 Å². The average molecular weight is 187 g/mol.